The summed E-state index contributed by atoms with van der Waals surface area (Å²) in [5.41, 5.74) is 6.80. The second-order valence-corrected chi connectivity index (χ2v) is 7.71. The zero-order valence-electron chi connectivity index (χ0n) is 11.4. The predicted molar refractivity (Wildman–Crippen MR) is 88.7 cm³/mol. The maximum absolute atomic E-state index is 12.3. The van der Waals surface area contributed by atoms with E-state index in [2.05, 4.69) is 4.72 Å². The Balaban J connectivity index is 2.28. The summed E-state index contributed by atoms with van der Waals surface area (Å²) in [6.45, 7) is 1.84. The normalized spacial score (nSPS) is 11.1. The van der Waals surface area contributed by atoms with Crippen molar-refractivity contribution in [2.45, 2.75) is 11.1 Å². The lowest BCUT2D eigenvalue weighted by Gasteiger charge is -2.09. The van der Waals surface area contributed by atoms with Crippen LogP contribution in [0.15, 0.2) is 34.5 Å². The van der Waals surface area contributed by atoms with Crippen molar-refractivity contribution in [1.82, 2.24) is 0 Å². The molecule has 2 rings (SSSR count). The van der Waals surface area contributed by atoms with E-state index in [1.165, 1.54) is 6.07 Å². The van der Waals surface area contributed by atoms with Gasteiger partial charge in [0.2, 0.25) is 0 Å². The number of nitrogens with one attached hydrogen (secondary N) is 1. The number of thiophene rings is 1. The van der Waals surface area contributed by atoms with Crippen LogP contribution in [0.2, 0.25) is 0 Å². The third kappa shape index (κ3) is 3.52. The summed E-state index contributed by atoms with van der Waals surface area (Å²) >= 11 is 5.87. The summed E-state index contributed by atoms with van der Waals surface area (Å²) in [6, 6.07) is 8.14. The molecule has 1 heterocycles. The summed E-state index contributed by atoms with van der Waals surface area (Å²) in [4.78, 5) is 0.748. The molecule has 0 aliphatic rings. The van der Waals surface area contributed by atoms with Crippen molar-refractivity contribution in [2.75, 3.05) is 11.8 Å². The van der Waals surface area contributed by atoms with Crippen LogP contribution in [0.4, 0.5) is 5.69 Å². The van der Waals surface area contributed by atoms with Gasteiger partial charge in [-0.2, -0.15) is 0 Å². The predicted octanol–water partition coefficient (Wildman–Crippen LogP) is 2.50. The van der Waals surface area contributed by atoms with E-state index in [0.29, 0.717) is 16.3 Å². The summed E-state index contributed by atoms with van der Waals surface area (Å²) in [5.74, 6) is 0.699. The maximum atomic E-state index is 12.3. The lowest BCUT2D eigenvalue weighted by atomic mass is 10.2. The molecule has 2 aromatic rings. The molecule has 0 radical (unpaired) electrons. The van der Waals surface area contributed by atoms with E-state index in [9.17, 15) is 8.42 Å². The van der Waals surface area contributed by atoms with E-state index in [0.717, 1.165) is 16.9 Å². The third-order valence-corrected chi connectivity index (χ3v) is 6.08. The van der Waals surface area contributed by atoms with Gasteiger partial charge in [-0.1, -0.05) is 12.2 Å². The van der Waals surface area contributed by atoms with Gasteiger partial charge in [-0.15, -0.1) is 11.3 Å². The summed E-state index contributed by atoms with van der Waals surface area (Å²) in [6.07, 6.45) is 0. The number of thiocarbonyl (C=S) groups is 1. The molecule has 0 unspecified atom stereocenters. The first-order chi connectivity index (χ1) is 9.83. The van der Waals surface area contributed by atoms with E-state index >= 15 is 0 Å². The number of anilines is 1. The number of hydrogen-bond donors (Lipinski definition) is 2. The molecule has 0 bridgehead atoms. The van der Waals surface area contributed by atoms with Crippen LogP contribution in [-0.4, -0.2) is 20.5 Å². The Morgan fingerprint density at radius 2 is 2.05 bits per heavy atom. The second-order valence-electron chi connectivity index (χ2n) is 4.27. The van der Waals surface area contributed by atoms with Gasteiger partial charge in [0.05, 0.1) is 12.0 Å². The zero-order valence-corrected chi connectivity index (χ0v) is 13.9. The van der Waals surface area contributed by atoms with Crippen molar-refractivity contribution in [3.8, 4) is 5.75 Å². The summed E-state index contributed by atoms with van der Waals surface area (Å²) in [7, 11) is -2.09. The van der Waals surface area contributed by atoms with E-state index in [-0.39, 0.29) is 9.20 Å². The first-order valence-electron chi connectivity index (χ1n) is 5.90. The molecule has 0 amide bonds. The molecule has 0 saturated heterocycles. The fourth-order valence-electron chi connectivity index (χ4n) is 1.74. The van der Waals surface area contributed by atoms with Crippen LogP contribution in [0.1, 0.15) is 10.4 Å². The zero-order chi connectivity index (χ0) is 15.6. The number of nitrogens with two attached hydrogens (primary N) is 1. The molecule has 1 aromatic heterocycles. The van der Waals surface area contributed by atoms with Crippen molar-refractivity contribution in [1.29, 1.82) is 0 Å². The number of benzene rings is 1. The molecule has 0 saturated carbocycles. The molecule has 0 fully saturated rings. The van der Waals surface area contributed by atoms with E-state index in [1.807, 2.05) is 6.92 Å². The lowest BCUT2D eigenvalue weighted by molar-refractivity contribution is 0.412. The molecule has 1 aromatic carbocycles. The monoisotopic (exact) mass is 342 g/mol. The van der Waals surface area contributed by atoms with Crippen LogP contribution in [0.3, 0.4) is 0 Å². The molecule has 0 aliphatic heterocycles. The summed E-state index contributed by atoms with van der Waals surface area (Å²) < 4.78 is 32.4. The van der Waals surface area contributed by atoms with E-state index < -0.39 is 10.0 Å². The quantitative estimate of drug-likeness (QED) is 0.816. The second kappa shape index (κ2) is 6.00. The SMILES string of the molecule is COc1ccc(NS(=O)(=O)c2ccc(C(N)=S)s2)cc1C. The fraction of sp³-hybridized carbons (Fsp3) is 0.154. The molecule has 0 spiro atoms. The first kappa shape index (κ1) is 15.7. The molecule has 0 aliphatic carbocycles. The summed E-state index contributed by atoms with van der Waals surface area (Å²) in [5, 5.41) is 0. The minimum Gasteiger partial charge on any atom is -0.496 e. The van der Waals surface area contributed by atoms with E-state index in [1.54, 1.807) is 31.4 Å². The molecule has 21 heavy (non-hydrogen) atoms. The molecule has 8 heteroatoms. The van der Waals surface area contributed by atoms with Gasteiger partial charge in [-0.05, 0) is 42.8 Å². The number of sulfonamides is 1. The van der Waals surface area contributed by atoms with E-state index in [4.69, 9.17) is 22.7 Å². The average Bonchev–Trinajstić information content (AvgIpc) is 2.89. The third-order valence-electron chi connectivity index (χ3n) is 2.74. The molecule has 0 atom stereocenters. The standard InChI is InChI=1S/C13H14N2O3S3/c1-8-7-9(3-4-10(8)18-2)15-21(16,17)12-6-5-11(20-12)13(14)19/h3-7,15H,1-2H3,(H2,14,19). The van der Waals surface area contributed by atoms with Gasteiger partial charge < -0.3 is 10.5 Å². The van der Waals surface area contributed by atoms with Gasteiger partial charge in [0.15, 0.2) is 0 Å². The van der Waals surface area contributed by atoms with Crippen molar-refractivity contribution in [2.24, 2.45) is 5.73 Å². The van der Waals surface area contributed by atoms with Crippen LogP contribution in [0.5, 0.6) is 5.75 Å². The molecular weight excluding hydrogens is 328 g/mol. The molecule has 112 valence electrons. The highest BCUT2D eigenvalue weighted by Gasteiger charge is 2.18. The number of rotatable bonds is 5. The van der Waals surface area contributed by atoms with Gasteiger partial charge in [0, 0.05) is 5.69 Å². The molecule has 5 nitrogen and oxygen atoms in total. The maximum Gasteiger partial charge on any atom is 0.271 e. The Labute approximate surface area is 132 Å². The van der Waals surface area contributed by atoms with Gasteiger partial charge in [-0.3, -0.25) is 4.72 Å². The highest BCUT2D eigenvalue weighted by molar-refractivity contribution is 7.94. The van der Waals surface area contributed by atoms with Crippen molar-refractivity contribution < 1.29 is 13.2 Å². The Kier molecular flexibility index (Phi) is 4.50. The van der Waals surface area contributed by atoms with Gasteiger partial charge in [-0.25, -0.2) is 8.42 Å². The number of hydrogen-bond acceptors (Lipinski definition) is 5. The number of aryl methyl sites for hydroxylation is 1. The van der Waals surface area contributed by atoms with Crippen molar-refractivity contribution in [3.63, 3.8) is 0 Å². The Morgan fingerprint density at radius 3 is 2.57 bits per heavy atom. The lowest BCUT2D eigenvalue weighted by Crippen LogP contribution is -2.11. The van der Waals surface area contributed by atoms with Gasteiger partial charge in [0.25, 0.3) is 10.0 Å². The fourth-order valence-corrected chi connectivity index (χ4v) is 4.15. The smallest absolute Gasteiger partial charge is 0.271 e. The van der Waals surface area contributed by atoms with Crippen LogP contribution in [-0.2, 0) is 10.0 Å². The van der Waals surface area contributed by atoms with Crippen LogP contribution >= 0.6 is 23.6 Å². The topological polar surface area (TPSA) is 81.4 Å². The van der Waals surface area contributed by atoms with Crippen molar-refractivity contribution >= 4 is 44.3 Å². The van der Waals surface area contributed by atoms with Crippen LogP contribution in [0.25, 0.3) is 0 Å². The highest BCUT2D eigenvalue weighted by Crippen LogP contribution is 2.26. The molecular formula is C13H14N2O3S3. The van der Waals surface area contributed by atoms with Crippen molar-refractivity contribution in [3.05, 3.63) is 40.8 Å². The van der Waals surface area contributed by atoms with Crippen LogP contribution < -0.4 is 15.2 Å². The Hall–Kier alpha value is -1.64. The minimum atomic E-state index is -3.65. The highest BCUT2D eigenvalue weighted by atomic mass is 32.2. The minimum absolute atomic E-state index is 0.166. The Bertz CT molecular complexity index is 782. The number of methoxy groups -OCH3 is 1. The first-order valence-corrected chi connectivity index (χ1v) is 8.61. The largest absolute Gasteiger partial charge is 0.496 e. The average molecular weight is 342 g/mol. The van der Waals surface area contributed by atoms with Gasteiger partial charge >= 0.3 is 0 Å². The van der Waals surface area contributed by atoms with Crippen LogP contribution in [0, 0.1) is 6.92 Å². The number of ether oxygens (including phenoxy) is 1. The molecule has 3 N–H and O–H groups in total. The Morgan fingerprint density at radius 1 is 1.33 bits per heavy atom. The van der Waals surface area contributed by atoms with Gasteiger partial charge in [0.1, 0.15) is 14.9 Å².